The lowest BCUT2D eigenvalue weighted by molar-refractivity contribution is -0.144. The molecule has 0 unspecified atom stereocenters. The van der Waals surface area contributed by atoms with Gasteiger partial charge in [-0.1, -0.05) is 23.7 Å². The first-order valence-electron chi connectivity index (χ1n) is 11.7. The van der Waals surface area contributed by atoms with Crippen LogP contribution in [0.2, 0.25) is 5.02 Å². The van der Waals surface area contributed by atoms with Crippen LogP contribution >= 0.6 is 11.6 Å². The average Bonchev–Trinajstić information content (AvgIpc) is 2.88. The first-order chi connectivity index (χ1) is 18.1. The van der Waals surface area contributed by atoms with Gasteiger partial charge in [0.05, 0.1) is 25.0 Å². The molecule has 194 valence electrons. The molecule has 1 fully saturated rings. The first kappa shape index (κ1) is 25.5. The van der Waals surface area contributed by atoms with Gasteiger partial charge in [-0.05, 0) is 48.9 Å². The summed E-state index contributed by atoms with van der Waals surface area (Å²) in [5.74, 6) is -1.60. The van der Waals surface area contributed by atoms with Crippen LogP contribution in [0.3, 0.4) is 0 Å². The number of fused-ring (bicyclic) bond motifs is 1. The van der Waals surface area contributed by atoms with Crippen molar-refractivity contribution in [2.24, 2.45) is 0 Å². The number of carbonyl (C=O) groups is 2. The second-order valence-corrected chi connectivity index (χ2v) is 9.86. The summed E-state index contributed by atoms with van der Waals surface area (Å²) in [6.45, 7) is 0.982. The van der Waals surface area contributed by atoms with Gasteiger partial charge in [-0.2, -0.15) is 0 Å². The highest BCUT2D eigenvalue weighted by Gasteiger charge is 2.41. The molecule has 4 aromatic rings. The fourth-order valence-electron chi connectivity index (χ4n) is 4.30. The summed E-state index contributed by atoms with van der Waals surface area (Å²) in [6.07, 6.45) is 2.52. The fraction of sp³-hybridized carbons (Fsp3) is 0.222. The highest BCUT2D eigenvalue weighted by atomic mass is 35.5. The van der Waals surface area contributed by atoms with E-state index in [9.17, 15) is 23.2 Å². The van der Waals surface area contributed by atoms with E-state index in [4.69, 9.17) is 11.6 Å². The van der Waals surface area contributed by atoms with Crippen LogP contribution in [0.25, 0.3) is 22.3 Å². The molecular weight excluding hydrogens is 516 g/mol. The van der Waals surface area contributed by atoms with E-state index in [1.165, 1.54) is 36.2 Å². The summed E-state index contributed by atoms with van der Waals surface area (Å²) in [4.78, 5) is 49.1. The number of rotatable bonds is 6. The van der Waals surface area contributed by atoms with E-state index >= 15 is 0 Å². The van der Waals surface area contributed by atoms with E-state index in [0.29, 0.717) is 21.7 Å². The molecule has 0 bridgehead atoms. The van der Waals surface area contributed by atoms with E-state index in [0.717, 1.165) is 16.3 Å². The van der Waals surface area contributed by atoms with Gasteiger partial charge in [0.1, 0.15) is 29.2 Å². The van der Waals surface area contributed by atoms with Crippen LogP contribution in [0.1, 0.15) is 22.8 Å². The van der Waals surface area contributed by atoms with Crippen molar-refractivity contribution in [1.29, 1.82) is 0 Å². The zero-order valence-electron chi connectivity index (χ0n) is 20.2. The smallest absolute Gasteiger partial charge is 0.265 e. The number of nitrogens with zero attached hydrogens (tertiary/aromatic N) is 4. The molecule has 0 saturated carbocycles. The molecule has 1 aliphatic heterocycles. The lowest BCUT2D eigenvalue weighted by Gasteiger charge is -2.42. The number of amides is 2. The van der Waals surface area contributed by atoms with Crippen LogP contribution in [-0.2, 0) is 17.9 Å². The summed E-state index contributed by atoms with van der Waals surface area (Å²) < 4.78 is 28.4. The van der Waals surface area contributed by atoms with Crippen molar-refractivity contribution in [3.8, 4) is 11.3 Å². The number of nitrogens with one attached hydrogen (secondary N) is 1. The summed E-state index contributed by atoms with van der Waals surface area (Å²) in [5.41, 5.74) is -0.457. The molecule has 5 rings (SSSR count). The number of alkyl halides is 1. The Morgan fingerprint density at radius 2 is 1.82 bits per heavy atom. The predicted octanol–water partition coefficient (Wildman–Crippen LogP) is 3.75. The number of benzene rings is 1. The van der Waals surface area contributed by atoms with Gasteiger partial charge in [-0.15, -0.1) is 0 Å². The van der Waals surface area contributed by atoms with Crippen molar-refractivity contribution < 1.29 is 18.4 Å². The van der Waals surface area contributed by atoms with Gasteiger partial charge < -0.3 is 10.2 Å². The fourth-order valence-corrected chi connectivity index (χ4v) is 4.43. The molecule has 0 aliphatic carbocycles. The van der Waals surface area contributed by atoms with E-state index in [1.807, 2.05) is 0 Å². The van der Waals surface area contributed by atoms with Gasteiger partial charge in [0.25, 0.3) is 11.5 Å². The summed E-state index contributed by atoms with van der Waals surface area (Å²) in [6, 6.07) is 12.7. The van der Waals surface area contributed by atoms with Crippen LogP contribution < -0.4 is 10.9 Å². The van der Waals surface area contributed by atoms with E-state index in [1.54, 1.807) is 30.3 Å². The minimum atomic E-state index is -1.47. The van der Waals surface area contributed by atoms with Crippen molar-refractivity contribution in [3.63, 3.8) is 0 Å². The van der Waals surface area contributed by atoms with Gasteiger partial charge in [-0.3, -0.25) is 23.9 Å². The Balaban J connectivity index is 1.52. The molecule has 38 heavy (non-hydrogen) atoms. The largest absolute Gasteiger partial charge is 0.348 e. The molecular formula is C27H22ClF2N5O3. The molecule has 2 amide bonds. The molecule has 1 N–H and O–H groups in total. The Morgan fingerprint density at radius 3 is 2.47 bits per heavy atom. The molecule has 1 aromatic carbocycles. The highest BCUT2D eigenvalue weighted by molar-refractivity contribution is 6.30. The summed E-state index contributed by atoms with van der Waals surface area (Å²) in [5, 5.41) is 3.67. The molecule has 8 nitrogen and oxygen atoms in total. The standard InChI is InChI=1S/C27H22ClF2N5O3/c1-27(30)14-34(15-27)23(36)13-35-24-17(8-18(11-32-24)22-7-6-20(29)12-31-22)9-21(26(35)38)25(37)33-10-16-2-4-19(28)5-3-16/h2-9,11-12H,10,13-15H2,1H3,(H,33,37). The third kappa shape index (κ3) is 5.26. The Bertz CT molecular complexity index is 1600. The van der Waals surface area contributed by atoms with Gasteiger partial charge in [0, 0.05) is 28.7 Å². The Morgan fingerprint density at radius 1 is 1.08 bits per heavy atom. The third-order valence-corrected chi connectivity index (χ3v) is 6.50. The van der Waals surface area contributed by atoms with Gasteiger partial charge in [0.2, 0.25) is 5.91 Å². The second kappa shape index (κ2) is 9.94. The maximum Gasteiger partial charge on any atom is 0.265 e. The maximum atomic E-state index is 14.0. The lowest BCUT2D eigenvalue weighted by Crippen LogP contribution is -2.60. The molecule has 1 aliphatic rings. The molecule has 1 saturated heterocycles. The number of likely N-dealkylation sites (tertiary alicyclic amines) is 1. The second-order valence-electron chi connectivity index (χ2n) is 9.42. The minimum absolute atomic E-state index is 0.0758. The van der Waals surface area contributed by atoms with Gasteiger partial charge in [-0.25, -0.2) is 13.8 Å². The number of pyridine rings is 3. The average molecular weight is 538 g/mol. The Kier molecular flexibility index (Phi) is 6.66. The van der Waals surface area contributed by atoms with Crippen LogP contribution in [0.15, 0.2) is 65.7 Å². The van der Waals surface area contributed by atoms with E-state index in [-0.39, 0.29) is 30.8 Å². The van der Waals surface area contributed by atoms with Crippen LogP contribution in [0.5, 0.6) is 0 Å². The van der Waals surface area contributed by atoms with Crippen molar-refractivity contribution in [2.75, 3.05) is 13.1 Å². The first-order valence-corrected chi connectivity index (χ1v) is 12.1. The lowest BCUT2D eigenvalue weighted by atomic mass is 9.99. The highest BCUT2D eigenvalue weighted by Crippen LogP contribution is 2.25. The normalized spacial score (nSPS) is 14.3. The van der Waals surface area contributed by atoms with Crippen molar-refractivity contribution >= 4 is 34.4 Å². The van der Waals surface area contributed by atoms with Gasteiger partial charge in [0.15, 0.2) is 0 Å². The Labute approximate surface area is 220 Å². The quantitative estimate of drug-likeness (QED) is 0.404. The number of aromatic nitrogens is 3. The number of hydrogen-bond acceptors (Lipinski definition) is 5. The molecule has 0 atom stereocenters. The van der Waals surface area contributed by atoms with Crippen LogP contribution in [0.4, 0.5) is 8.78 Å². The topological polar surface area (TPSA) is 97.2 Å². The molecule has 3 aromatic heterocycles. The SMILES string of the molecule is CC1(F)CN(C(=O)Cn2c(=O)c(C(=O)NCc3ccc(Cl)cc3)cc3cc(-c4ccc(F)cn4)cnc32)C1. The minimum Gasteiger partial charge on any atom is -0.348 e. The number of carbonyl (C=O) groups excluding carboxylic acids is 2. The third-order valence-electron chi connectivity index (χ3n) is 6.25. The van der Waals surface area contributed by atoms with Crippen molar-refractivity contribution in [3.05, 3.63) is 93.2 Å². The summed E-state index contributed by atoms with van der Waals surface area (Å²) in [7, 11) is 0. The molecule has 0 radical (unpaired) electrons. The van der Waals surface area contributed by atoms with Crippen LogP contribution in [0, 0.1) is 5.82 Å². The number of halogens is 3. The molecule has 0 spiro atoms. The monoisotopic (exact) mass is 537 g/mol. The zero-order chi connectivity index (χ0) is 27.0. The summed E-state index contributed by atoms with van der Waals surface area (Å²) >= 11 is 5.91. The van der Waals surface area contributed by atoms with E-state index < -0.39 is 35.4 Å². The van der Waals surface area contributed by atoms with Crippen LogP contribution in [-0.4, -0.2) is 50.0 Å². The molecule has 4 heterocycles. The number of hydrogen-bond donors (Lipinski definition) is 1. The van der Waals surface area contributed by atoms with Crippen molar-refractivity contribution in [1.82, 2.24) is 24.8 Å². The van der Waals surface area contributed by atoms with Gasteiger partial charge >= 0.3 is 0 Å². The molecule has 11 heteroatoms. The van der Waals surface area contributed by atoms with Crippen molar-refractivity contribution in [2.45, 2.75) is 25.7 Å². The van der Waals surface area contributed by atoms with E-state index in [2.05, 4.69) is 15.3 Å². The zero-order valence-corrected chi connectivity index (χ0v) is 21.0. The Hall–Kier alpha value is -4.18. The predicted molar refractivity (Wildman–Crippen MR) is 138 cm³/mol. The maximum absolute atomic E-state index is 14.0.